The molecule has 1 amide bonds. The van der Waals surface area contributed by atoms with Gasteiger partial charge in [0, 0.05) is 11.9 Å². The van der Waals surface area contributed by atoms with Crippen molar-refractivity contribution in [1.82, 2.24) is 15.4 Å². The molecule has 0 bridgehead atoms. The van der Waals surface area contributed by atoms with E-state index in [0.717, 1.165) is 24.1 Å². The summed E-state index contributed by atoms with van der Waals surface area (Å²) in [4.78, 5) is 18.2. The molecule has 0 unspecified atom stereocenters. The van der Waals surface area contributed by atoms with E-state index in [1.165, 1.54) is 5.56 Å². The number of imidazole rings is 1. The average Bonchev–Trinajstić information content (AvgIpc) is 2.91. The van der Waals surface area contributed by atoms with Crippen molar-refractivity contribution < 1.29 is 4.79 Å². The van der Waals surface area contributed by atoms with Gasteiger partial charge in [-0.25, -0.2) is 10.8 Å². The van der Waals surface area contributed by atoms with Crippen LogP contribution in [0.4, 0.5) is 0 Å². The lowest BCUT2D eigenvalue weighted by molar-refractivity contribution is -0.120. The predicted molar refractivity (Wildman–Crippen MR) is 75.2 cm³/mol. The van der Waals surface area contributed by atoms with Crippen LogP contribution in [0.5, 0.6) is 0 Å². The molecule has 19 heavy (non-hydrogen) atoms. The molecule has 4 N–H and O–H groups in total. The van der Waals surface area contributed by atoms with Crippen LogP contribution in [0.3, 0.4) is 0 Å². The molecule has 0 spiro atoms. The van der Waals surface area contributed by atoms with Gasteiger partial charge in [-0.05, 0) is 24.0 Å². The maximum absolute atomic E-state index is 11.1. The van der Waals surface area contributed by atoms with Gasteiger partial charge in [-0.1, -0.05) is 31.7 Å². The first-order chi connectivity index (χ1) is 8.78. The van der Waals surface area contributed by atoms with Crippen molar-refractivity contribution in [2.24, 2.45) is 5.84 Å². The summed E-state index contributed by atoms with van der Waals surface area (Å²) in [6, 6.07) is 7.99. The molecule has 2 aromatic rings. The minimum absolute atomic E-state index is 0. The average molecular weight is 260 g/mol. The summed E-state index contributed by atoms with van der Waals surface area (Å²) in [6.45, 7) is 0. The van der Waals surface area contributed by atoms with Crippen molar-refractivity contribution in [3.8, 4) is 0 Å². The molecule has 0 fully saturated rings. The Morgan fingerprint density at radius 1 is 1.21 bits per heavy atom. The molecule has 1 aromatic carbocycles. The molecule has 0 aliphatic rings. The fourth-order valence-electron chi connectivity index (χ4n) is 1.76. The highest BCUT2D eigenvalue weighted by Crippen LogP contribution is 2.08. The largest absolute Gasteiger partial charge is 0.348 e. The number of amides is 1. The van der Waals surface area contributed by atoms with Gasteiger partial charge in [0.1, 0.15) is 0 Å². The number of aryl methyl sites for hydroxylation is 2. The highest BCUT2D eigenvalue weighted by molar-refractivity contribution is 5.77. The van der Waals surface area contributed by atoms with Crippen LogP contribution in [-0.4, -0.2) is 15.9 Å². The molecule has 1 aromatic heterocycles. The second kappa shape index (κ2) is 7.33. The third kappa shape index (κ3) is 4.56. The summed E-state index contributed by atoms with van der Waals surface area (Å²) in [7, 11) is 0. The first-order valence-electron chi connectivity index (χ1n) is 5.82. The van der Waals surface area contributed by atoms with E-state index in [9.17, 15) is 4.79 Å². The minimum Gasteiger partial charge on any atom is -0.348 e. The van der Waals surface area contributed by atoms with Crippen molar-refractivity contribution in [2.75, 3.05) is 0 Å². The normalized spacial score (nSPS) is 9.74. The van der Waals surface area contributed by atoms with Crippen molar-refractivity contribution in [3.63, 3.8) is 0 Å². The zero-order valence-corrected chi connectivity index (χ0v) is 10.0. The Hall–Kier alpha value is -2.14. The van der Waals surface area contributed by atoms with Gasteiger partial charge in [-0.15, -0.1) is 0 Å². The van der Waals surface area contributed by atoms with Gasteiger partial charge in [0.05, 0.1) is 12.7 Å². The van der Waals surface area contributed by atoms with Crippen LogP contribution >= 0.6 is 0 Å². The monoisotopic (exact) mass is 260 g/mol. The van der Waals surface area contributed by atoms with E-state index in [4.69, 9.17) is 5.84 Å². The molecule has 0 aliphatic heterocycles. The number of carbonyl (C=O) groups is 1. The molecule has 0 radical (unpaired) electrons. The fourth-order valence-corrected chi connectivity index (χ4v) is 1.76. The van der Waals surface area contributed by atoms with Crippen LogP contribution in [0.2, 0.25) is 0 Å². The molecular formula is C14H20N4O. The van der Waals surface area contributed by atoms with E-state index >= 15 is 0 Å². The standard InChI is InChI=1S/C13H16N4O.CH4/c14-17-13(18)7-11-3-1-10(2-4-11)5-6-12-8-15-9-16-12;/h1-4,8-9H,5-7,14H2,(H,15,16)(H,17,18);1H4. The van der Waals surface area contributed by atoms with Crippen LogP contribution in [0.25, 0.3) is 0 Å². The number of hydrogen-bond donors (Lipinski definition) is 3. The Morgan fingerprint density at radius 2 is 1.89 bits per heavy atom. The maximum atomic E-state index is 11.1. The van der Waals surface area contributed by atoms with Crippen LogP contribution in [0.15, 0.2) is 36.8 Å². The van der Waals surface area contributed by atoms with Crippen LogP contribution in [0.1, 0.15) is 24.2 Å². The second-order valence-corrected chi connectivity index (χ2v) is 4.14. The first-order valence-corrected chi connectivity index (χ1v) is 5.82. The quantitative estimate of drug-likeness (QED) is 0.431. The first kappa shape index (κ1) is 14.9. The van der Waals surface area contributed by atoms with Gasteiger partial charge < -0.3 is 4.98 Å². The summed E-state index contributed by atoms with van der Waals surface area (Å²) in [5.41, 5.74) is 5.45. The van der Waals surface area contributed by atoms with Crippen molar-refractivity contribution >= 4 is 5.91 Å². The number of hydrogen-bond acceptors (Lipinski definition) is 3. The number of nitrogens with one attached hydrogen (secondary N) is 2. The van der Waals surface area contributed by atoms with Gasteiger partial charge in [0.2, 0.25) is 5.91 Å². The number of H-pyrrole nitrogens is 1. The number of rotatable bonds is 5. The summed E-state index contributed by atoms with van der Waals surface area (Å²) in [6.07, 6.45) is 5.72. The molecule has 0 saturated heterocycles. The Bertz CT molecular complexity index is 491. The fraction of sp³-hybridized carbons (Fsp3) is 0.286. The lowest BCUT2D eigenvalue weighted by atomic mass is 10.0. The van der Waals surface area contributed by atoms with Gasteiger partial charge in [0.15, 0.2) is 0 Å². The highest BCUT2D eigenvalue weighted by Gasteiger charge is 2.01. The number of aromatic amines is 1. The Labute approximate surface area is 113 Å². The van der Waals surface area contributed by atoms with E-state index < -0.39 is 0 Å². The Kier molecular flexibility index (Phi) is 5.75. The van der Waals surface area contributed by atoms with Crippen molar-refractivity contribution in [1.29, 1.82) is 0 Å². The summed E-state index contributed by atoms with van der Waals surface area (Å²) in [5, 5.41) is 0. The Balaban J connectivity index is 0.00000180. The van der Waals surface area contributed by atoms with Gasteiger partial charge >= 0.3 is 0 Å². The summed E-state index contributed by atoms with van der Waals surface area (Å²) in [5.74, 6) is 4.86. The number of benzene rings is 1. The zero-order chi connectivity index (χ0) is 12.8. The SMILES string of the molecule is C.NNC(=O)Cc1ccc(CCc2cnc[nH]2)cc1. The highest BCUT2D eigenvalue weighted by atomic mass is 16.2. The van der Waals surface area contributed by atoms with Gasteiger partial charge in [-0.2, -0.15) is 0 Å². The van der Waals surface area contributed by atoms with Crippen molar-refractivity contribution in [2.45, 2.75) is 26.7 Å². The summed E-state index contributed by atoms with van der Waals surface area (Å²) >= 11 is 0. The lowest BCUT2D eigenvalue weighted by Crippen LogP contribution is -2.31. The number of hydrazine groups is 1. The third-order valence-electron chi connectivity index (χ3n) is 2.79. The molecule has 1 heterocycles. The van der Waals surface area contributed by atoms with Gasteiger partial charge in [-0.3, -0.25) is 10.2 Å². The van der Waals surface area contributed by atoms with E-state index in [1.54, 1.807) is 6.33 Å². The molecule has 102 valence electrons. The number of nitrogens with zero attached hydrogens (tertiary/aromatic N) is 1. The molecule has 2 rings (SSSR count). The maximum Gasteiger partial charge on any atom is 0.238 e. The van der Waals surface area contributed by atoms with Crippen LogP contribution < -0.4 is 11.3 Å². The van der Waals surface area contributed by atoms with E-state index in [0.29, 0.717) is 6.42 Å². The number of aromatic nitrogens is 2. The third-order valence-corrected chi connectivity index (χ3v) is 2.79. The Morgan fingerprint density at radius 3 is 2.47 bits per heavy atom. The smallest absolute Gasteiger partial charge is 0.238 e. The van der Waals surface area contributed by atoms with E-state index in [1.807, 2.05) is 30.5 Å². The molecule has 0 saturated carbocycles. The van der Waals surface area contributed by atoms with Gasteiger partial charge in [0.25, 0.3) is 0 Å². The zero-order valence-electron chi connectivity index (χ0n) is 10.0. The van der Waals surface area contributed by atoms with Crippen molar-refractivity contribution in [3.05, 3.63) is 53.6 Å². The second-order valence-electron chi connectivity index (χ2n) is 4.14. The topological polar surface area (TPSA) is 83.8 Å². The minimum atomic E-state index is -0.180. The summed E-state index contributed by atoms with van der Waals surface area (Å²) < 4.78 is 0. The molecule has 5 heteroatoms. The van der Waals surface area contributed by atoms with Crippen LogP contribution in [0, 0.1) is 0 Å². The van der Waals surface area contributed by atoms with E-state index in [2.05, 4.69) is 15.4 Å². The number of carbonyl (C=O) groups excluding carboxylic acids is 1. The number of nitrogens with two attached hydrogens (primary N) is 1. The molecular weight excluding hydrogens is 240 g/mol. The molecule has 5 nitrogen and oxygen atoms in total. The van der Waals surface area contributed by atoms with E-state index in [-0.39, 0.29) is 13.3 Å². The lowest BCUT2D eigenvalue weighted by Gasteiger charge is -2.03. The van der Waals surface area contributed by atoms with Crippen LogP contribution in [-0.2, 0) is 24.1 Å². The molecule has 0 aliphatic carbocycles. The molecule has 0 atom stereocenters. The predicted octanol–water partition coefficient (Wildman–Crippen LogP) is 1.36.